The van der Waals surface area contributed by atoms with Crippen LogP contribution in [-0.4, -0.2) is 21.0 Å². The monoisotopic (exact) mass is 401 g/mol. The van der Waals surface area contributed by atoms with E-state index in [0.717, 1.165) is 18.1 Å². The molecule has 3 aromatic rings. The summed E-state index contributed by atoms with van der Waals surface area (Å²) in [7, 11) is 0. The van der Waals surface area contributed by atoms with Gasteiger partial charge in [0.05, 0.1) is 11.3 Å². The van der Waals surface area contributed by atoms with Gasteiger partial charge in [-0.05, 0) is 50.1 Å². The largest absolute Gasteiger partial charge is 0.416 e. The Bertz CT molecular complexity index is 974. The molecule has 0 saturated carbocycles. The lowest BCUT2D eigenvalue weighted by molar-refractivity contribution is -0.138. The van der Waals surface area contributed by atoms with Crippen molar-refractivity contribution in [1.29, 1.82) is 0 Å². The molecule has 0 aliphatic carbocycles. The third-order valence-corrected chi connectivity index (χ3v) is 4.51. The van der Waals surface area contributed by atoms with Crippen LogP contribution in [0, 0.1) is 6.92 Å². The van der Waals surface area contributed by atoms with E-state index in [0.29, 0.717) is 23.1 Å². The molecule has 0 spiro atoms. The molecule has 29 heavy (non-hydrogen) atoms. The maximum absolute atomic E-state index is 13.2. The highest BCUT2D eigenvalue weighted by atomic mass is 19.4. The molecule has 2 N–H and O–H groups in total. The summed E-state index contributed by atoms with van der Waals surface area (Å²) in [4.78, 5) is 13.0. The zero-order valence-electron chi connectivity index (χ0n) is 16.4. The molecule has 0 saturated heterocycles. The number of nitrogens with zero attached hydrogens (tertiary/aromatic N) is 3. The molecule has 0 bridgehead atoms. The smallest absolute Gasteiger partial charge is 0.352 e. The number of nitrogens with one attached hydrogen (secondary N) is 2. The molecule has 5 nitrogen and oxygen atoms in total. The average molecular weight is 401 g/mol. The van der Waals surface area contributed by atoms with E-state index in [1.807, 2.05) is 26.0 Å². The lowest BCUT2D eigenvalue weighted by atomic mass is 10.1. The Morgan fingerprint density at radius 2 is 1.76 bits per heavy atom. The zero-order valence-corrected chi connectivity index (χ0v) is 16.4. The van der Waals surface area contributed by atoms with E-state index in [4.69, 9.17) is 0 Å². The number of halogens is 3. The minimum atomic E-state index is -4.42. The average Bonchev–Trinajstić information content (AvgIpc) is 2.69. The Kier molecular flexibility index (Phi) is 6.00. The summed E-state index contributed by atoms with van der Waals surface area (Å²) in [6, 6.07) is 9.59. The van der Waals surface area contributed by atoms with Crippen LogP contribution >= 0.6 is 0 Å². The molecule has 1 atom stereocenters. The van der Waals surface area contributed by atoms with E-state index in [1.54, 1.807) is 24.5 Å². The number of rotatable bonds is 6. The SMILES string of the molecule is CC[C@@H](C)Nc1nc(Nc2ccc(C)c(C(F)(F)F)c2)cc(-c2ccncc2)n1. The van der Waals surface area contributed by atoms with Gasteiger partial charge in [0.15, 0.2) is 0 Å². The minimum absolute atomic E-state index is 0.145. The summed E-state index contributed by atoms with van der Waals surface area (Å²) < 4.78 is 39.7. The maximum Gasteiger partial charge on any atom is 0.416 e. The van der Waals surface area contributed by atoms with Gasteiger partial charge in [-0.1, -0.05) is 13.0 Å². The van der Waals surface area contributed by atoms with Crippen LogP contribution in [0.1, 0.15) is 31.4 Å². The molecule has 2 aromatic heterocycles. The fraction of sp³-hybridized carbons (Fsp3) is 0.286. The van der Waals surface area contributed by atoms with Crippen molar-refractivity contribution < 1.29 is 13.2 Å². The molecular formula is C21H22F3N5. The molecule has 2 heterocycles. The number of aromatic nitrogens is 3. The Morgan fingerprint density at radius 1 is 1.03 bits per heavy atom. The van der Waals surface area contributed by atoms with Gasteiger partial charge in [0.1, 0.15) is 5.82 Å². The van der Waals surface area contributed by atoms with Crippen molar-refractivity contribution in [3.63, 3.8) is 0 Å². The van der Waals surface area contributed by atoms with Crippen LogP contribution in [0.3, 0.4) is 0 Å². The summed E-state index contributed by atoms with van der Waals surface area (Å²) >= 11 is 0. The lowest BCUT2D eigenvalue weighted by Gasteiger charge is -2.16. The number of aryl methyl sites for hydroxylation is 1. The maximum atomic E-state index is 13.2. The van der Waals surface area contributed by atoms with E-state index < -0.39 is 11.7 Å². The van der Waals surface area contributed by atoms with Crippen LogP contribution in [-0.2, 0) is 6.18 Å². The predicted octanol–water partition coefficient (Wildman–Crippen LogP) is 5.82. The molecule has 0 radical (unpaired) electrons. The molecule has 152 valence electrons. The molecule has 0 unspecified atom stereocenters. The number of hydrogen-bond acceptors (Lipinski definition) is 5. The highest BCUT2D eigenvalue weighted by Crippen LogP contribution is 2.34. The van der Waals surface area contributed by atoms with Gasteiger partial charge in [-0.15, -0.1) is 0 Å². The van der Waals surface area contributed by atoms with Gasteiger partial charge in [-0.3, -0.25) is 4.98 Å². The Morgan fingerprint density at radius 3 is 2.41 bits per heavy atom. The molecule has 8 heteroatoms. The summed E-state index contributed by atoms with van der Waals surface area (Å²) in [6.07, 6.45) is -0.235. The summed E-state index contributed by atoms with van der Waals surface area (Å²) in [5.41, 5.74) is 1.26. The van der Waals surface area contributed by atoms with Crippen LogP contribution in [0.25, 0.3) is 11.3 Å². The topological polar surface area (TPSA) is 62.7 Å². The summed E-state index contributed by atoms with van der Waals surface area (Å²) in [6.45, 7) is 5.48. The van der Waals surface area contributed by atoms with Crippen molar-refractivity contribution in [2.24, 2.45) is 0 Å². The summed E-state index contributed by atoms with van der Waals surface area (Å²) in [5.74, 6) is 0.800. The first-order chi connectivity index (χ1) is 13.8. The molecular weight excluding hydrogens is 379 g/mol. The lowest BCUT2D eigenvalue weighted by Crippen LogP contribution is -2.16. The van der Waals surface area contributed by atoms with E-state index in [2.05, 4.69) is 25.6 Å². The molecule has 0 fully saturated rings. The number of pyridine rings is 1. The van der Waals surface area contributed by atoms with Crippen molar-refractivity contribution >= 4 is 17.5 Å². The second kappa shape index (κ2) is 8.46. The van der Waals surface area contributed by atoms with E-state index in [1.165, 1.54) is 13.0 Å². The Labute approximate surface area is 167 Å². The van der Waals surface area contributed by atoms with E-state index in [9.17, 15) is 13.2 Å². The number of benzene rings is 1. The van der Waals surface area contributed by atoms with Gasteiger partial charge in [-0.25, -0.2) is 4.98 Å². The van der Waals surface area contributed by atoms with Gasteiger partial charge in [0.2, 0.25) is 5.95 Å². The molecule has 0 amide bonds. The van der Waals surface area contributed by atoms with E-state index >= 15 is 0 Å². The summed E-state index contributed by atoms with van der Waals surface area (Å²) in [5, 5.41) is 6.19. The van der Waals surface area contributed by atoms with E-state index in [-0.39, 0.29) is 11.6 Å². The van der Waals surface area contributed by atoms with Gasteiger partial charge < -0.3 is 10.6 Å². The second-order valence-electron chi connectivity index (χ2n) is 6.80. The first kappa shape index (κ1) is 20.6. The fourth-order valence-electron chi connectivity index (χ4n) is 2.72. The van der Waals surface area contributed by atoms with Gasteiger partial charge in [-0.2, -0.15) is 18.2 Å². The highest BCUT2D eigenvalue weighted by Gasteiger charge is 2.32. The van der Waals surface area contributed by atoms with Crippen LogP contribution < -0.4 is 10.6 Å². The Balaban J connectivity index is 1.99. The number of anilines is 3. The van der Waals surface area contributed by atoms with Crippen LogP contribution in [0.15, 0.2) is 48.8 Å². The van der Waals surface area contributed by atoms with Crippen molar-refractivity contribution in [2.45, 2.75) is 39.4 Å². The van der Waals surface area contributed by atoms with Crippen LogP contribution in [0.4, 0.5) is 30.6 Å². The molecule has 0 aliphatic heterocycles. The van der Waals surface area contributed by atoms with Crippen molar-refractivity contribution in [3.05, 3.63) is 59.9 Å². The second-order valence-corrected chi connectivity index (χ2v) is 6.80. The van der Waals surface area contributed by atoms with Crippen molar-refractivity contribution in [1.82, 2.24) is 15.0 Å². The van der Waals surface area contributed by atoms with Crippen molar-refractivity contribution in [2.75, 3.05) is 10.6 Å². The molecule has 1 aromatic carbocycles. The first-order valence-corrected chi connectivity index (χ1v) is 9.27. The Hall–Kier alpha value is -3.16. The normalized spacial score (nSPS) is 12.5. The predicted molar refractivity (Wildman–Crippen MR) is 108 cm³/mol. The van der Waals surface area contributed by atoms with Gasteiger partial charge in [0, 0.05) is 35.8 Å². The quantitative estimate of drug-likeness (QED) is 0.545. The van der Waals surface area contributed by atoms with Crippen molar-refractivity contribution in [3.8, 4) is 11.3 Å². The zero-order chi connectivity index (χ0) is 21.0. The molecule has 3 rings (SSSR count). The number of hydrogen-bond donors (Lipinski definition) is 2. The van der Waals surface area contributed by atoms with Crippen LogP contribution in [0.2, 0.25) is 0 Å². The third kappa shape index (κ3) is 5.22. The third-order valence-electron chi connectivity index (χ3n) is 4.51. The molecule has 0 aliphatic rings. The standard InChI is InChI=1S/C21H22F3N5/c1-4-14(3)26-20-28-18(15-7-9-25-10-8-15)12-19(29-20)27-16-6-5-13(2)17(11-16)21(22,23)24/h5-12,14H,4H2,1-3H3,(H2,26,27,28,29)/t14-/m1/s1. The van der Waals surface area contributed by atoms with Gasteiger partial charge in [0.25, 0.3) is 0 Å². The first-order valence-electron chi connectivity index (χ1n) is 9.27. The highest BCUT2D eigenvalue weighted by molar-refractivity contribution is 5.67. The number of alkyl halides is 3. The fourth-order valence-corrected chi connectivity index (χ4v) is 2.72. The van der Waals surface area contributed by atoms with Gasteiger partial charge >= 0.3 is 6.18 Å². The minimum Gasteiger partial charge on any atom is -0.352 e. The van der Waals surface area contributed by atoms with Crippen LogP contribution in [0.5, 0.6) is 0 Å².